The first-order chi connectivity index (χ1) is 15.1. The number of amides is 2. The van der Waals surface area contributed by atoms with Crippen molar-refractivity contribution in [1.29, 1.82) is 0 Å². The van der Waals surface area contributed by atoms with Crippen molar-refractivity contribution in [2.45, 2.75) is 4.90 Å². The number of hydrogen-bond acceptors (Lipinski definition) is 4. The predicted molar refractivity (Wildman–Crippen MR) is 124 cm³/mol. The maximum Gasteiger partial charge on any atom is 0.321 e. The average Bonchev–Trinajstić information content (AvgIpc) is 3.28. The molecule has 0 bridgehead atoms. The SMILES string of the molecule is CSc1cccc(NC(=O)N2CCN(c3nc4cc(F)ccc4n4cccc34)CC2)c1. The molecule has 0 radical (unpaired) electrons. The van der Waals surface area contributed by atoms with Crippen molar-refractivity contribution in [2.24, 2.45) is 0 Å². The van der Waals surface area contributed by atoms with Crippen molar-refractivity contribution >= 4 is 45.8 Å². The predicted octanol–water partition coefficient (Wildman–Crippen LogP) is 4.70. The molecule has 2 aromatic heterocycles. The lowest BCUT2D eigenvalue weighted by molar-refractivity contribution is 0.208. The Morgan fingerprint density at radius 3 is 2.68 bits per heavy atom. The number of piperazine rings is 1. The van der Waals surface area contributed by atoms with E-state index in [4.69, 9.17) is 4.98 Å². The highest BCUT2D eigenvalue weighted by Gasteiger charge is 2.24. The zero-order chi connectivity index (χ0) is 21.4. The molecule has 0 saturated carbocycles. The Kier molecular flexibility index (Phi) is 5.15. The molecule has 2 amide bonds. The number of nitrogens with zero attached hydrogens (tertiary/aromatic N) is 4. The number of fused-ring (bicyclic) bond motifs is 3. The fourth-order valence-electron chi connectivity index (χ4n) is 3.99. The van der Waals surface area contributed by atoms with Gasteiger partial charge in [0.25, 0.3) is 0 Å². The molecule has 5 rings (SSSR count). The fourth-order valence-corrected chi connectivity index (χ4v) is 4.45. The van der Waals surface area contributed by atoms with E-state index in [0.717, 1.165) is 27.4 Å². The van der Waals surface area contributed by atoms with Crippen LogP contribution < -0.4 is 10.2 Å². The minimum atomic E-state index is -0.301. The molecule has 1 aliphatic heterocycles. The normalized spacial score (nSPS) is 14.4. The summed E-state index contributed by atoms with van der Waals surface area (Å²) in [7, 11) is 0. The molecule has 0 spiro atoms. The summed E-state index contributed by atoms with van der Waals surface area (Å²) in [6.07, 6.45) is 3.98. The van der Waals surface area contributed by atoms with Crippen LogP contribution in [0.5, 0.6) is 0 Å². The van der Waals surface area contributed by atoms with Gasteiger partial charge in [0, 0.05) is 49.0 Å². The summed E-state index contributed by atoms with van der Waals surface area (Å²) in [6, 6.07) is 16.4. The molecule has 1 fully saturated rings. The first-order valence-corrected chi connectivity index (χ1v) is 11.4. The lowest BCUT2D eigenvalue weighted by Crippen LogP contribution is -2.50. The molecule has 1 aliphatic rings. The van der Waals surface area contributed by atoms with Crippen LogP contribution in [0, 0.1) is 5.82 Å². The van der Waals surface area contributed by atoms with Gasteiger partial charge in [0.15, 0.2) is 5.82 Å². The molecular formula is C23H22FN5OS. The quantitative estimate of drug-likeness (QED) is 0.474. The highest BCUT2D eigenvalue weighted by Crippen LogP contribution is 2.27. The minimum absolute atomic E-state index is 0.0979. The van der Waals surface area contributed by atoms with Crippen molar-refractivity contribution in [2.75, 3.05) is 42.7 Å². The van der Waals surface area contributed by atoms with Crippen LogP contribution in [0.25, 0.3) is 16.6 Å². The van der Waals surface area contributed by atoms with Gasteiger partial charge in [-0.15, -0.1) is 11.8 Å². The van der Waals surface area contributed by atoms with E-state index in [0.29, 0.717) is 31.7 Å². The van der Waals surface area contributed by atoms with E-state index in [1.807, 2.05) is 58.2 Å². The van der Waals surface area contributed by atoms with Gasteiger partial charge in [-0.05, 0) is 48.7 Å². The van der Waals surface area contributed by atoms with Crippen molar-refractivity contribution in [3.8, 4) is 0 Å². The highest BCUT2D eigenvalue weighted by atomic mass is 32.2. The molecule has 4 aromatic rings. The third-order valence-corrected chi connectivity index (χ3v) is 6.31. The average molecular weight is 436 g/mol. The van der Waals surface area contributed by atoms with E-state index in [9.17, 15) is 9.18 Å². The van der Waals surface area contributed by atoms with Gasteiger partial charge in [0.05, 0.1) is 16.6 Å². The van der Waals surface area contributed by atoms with E-state index in [1.165, 1.54) is 12.1 Å². The number of halogens is 1. The van der Waals surface area contributed by atoms with Crippen LogP contribution in [-0.4, -0.2) is 52.8 Å². The summed E-state index contributed by atoms with van der Waals surface area (Å²) in [6.45, 7) is 2.49. The van der Waals surface area contributed by atoms with E-state index in [2.05, 4.69) is 10.2 Å². The number of thioether (sulfide) groups is 1. The van der Waals surface area contributed by atoms with E-state index >= 15 is 0 Å². The van der Waals surface area contributed by atoms with Crippen molar-refractivity contribution in [3.63, 3.8) is 0 Å². The van der Waals surface area contributed by atoms with E-state index in [1.54, 1.807) is 17.8 Å². The molecule has 2 aromatic carbocycles. The number of carbonyl (C=O) groups excluding carboxylic acids is 1. The number of aromatic nitrogens is 2. The Hall–Kier alpha value is -3.26. The van der Waals surface area contributed by atoms with Crippen molar-refractivity contribution in [1.82, 2.24) is 14.3 Å². The molecule has 8 heteroatoms. The maximum atomic E-state index is 13.8. The summed E-state index contributed by atoms with van der Waals surface area (Å²) < 4.78 is 15.8. The number of hydrogen-bond donors (Lipinski definition) is 1. The zero-order valence-electron chi connectivity index (χ0n) is 17.1. The Labute approximate surface area is 183 Å². The summed E-state index contributed by atoms with van der Waals surface area (Å²) in [5, 5.41) is 2.99. The van der Waals surface area contributed by atoms with Gasteiger partial charge in [-0.2, -0.15) is 0 Å². The van der Waals surface area contributed by atoms with Gasteiger partial charge in [-0.25, -0.2) is 14.2 Å². The van der Waals surface area contributed by atoms with Crippen LogP contribution in [0.2, 0.25) is 0 Å². The first kappa shape index (κ1) is 19.7. The van der Waals surface area contributed by atoms with Gasteiger partial charge in [-0.3, -0.25) is 0 Å². The Balaban J connectivity index is 1.33. The number of benzene rings is 2. The van der Waals surface area contributed by atoms with Gasteiger partial charge in [-0.1, -0.05) is 6.07 Å². The number of rotatable bonds is 3. The lowest BCUT2D eigenvalue weighted by Gasteiger charge is -2.35. The van der Waals surface area contributed by atoms with Crippen molar-refractivity contribution in [3.05, 3.63) is 66.6 Å². The molecule has 6 nitrogen and oxygen atoms in total. The number of urea groups is 1. The topological polar surface area (TPSA) is 52.9 Å². The van der Waals surface area contributed by atoms with Crippen LogP contribution in [0.4, 0.5) is 20.7 Å². The Bertz CT molecular complexity index is 1270. The number of nitrogens with one attached hydrogen (secondary N) is 1. The Morgan fingerprint density at radius 2 is 1.87 bits per heavy atom. The van der Waals surface area contributed by atoms with Gasteiger partial charge in [0.2, 0.25) is 0 Å². The molecule has 1 saturated heterocycles. The molecule has 0 unspecified atom stereocenters. The minimum Gasteiger partial charge on any atom is -0.351 e. The van der Waals surface area contributed by atoms with Crippen molar-refractivity contribution < 1.29 is 9.18 Å². The number of carbonyl (C=O) groups is 1. The second-order valence-electron chi connectivity index (χ2n) is 7.47. The van der Waals surface area contributed by atoms with E-state index < -0.39 is 0 Å². The van der Waals surface area contributed by atoms with Gasteiger partial charge < -0.3 is 19.5 Å². The summed E-state index contributed by atoms with van der Waals surface area (Å²) in [4.78, 5) is 22.6. The third-order valence-electron chi connectivity index (χ3n) is 5.59. The zero-order valence-corrected chi connectivity index (χ0v) is 17.9. The summed E-state index contributed by atoms with van der Waals surface area (Å²) in [5.41, 5.74) is 3.27. The van der Waals surface area contributed by atoms with Gasteiger partial charge >= 0.3 is 6.03 Å². The van der Waals surface area contributed by atoms with Crippen LogP contribution in [-0.2, 0) is 0 Å². The maximum absolute atomic E-state index is 13.8. The molecule has 0 aliphatic carbocycles. The smallest absolute Gasteiger partial charge is 0.321 e. The summed E-state index contributed by atoms with van der Waals surface area (Å²) in [5.74, 6) is 0.514. The fraction of sp³-hybridized carbons (Fsp3) is 0.217. The second-order valence-corrected chi connectivity index (χ2v) is 8.35. The van der Waals surface area contributed by atoms with Crippen LogP contribution in [0.1, 0.15) is 0 Å². The molecule has 31 heavy (non-hydrogen) atoms. The second kappa shape index (κ2) is 8.11. The third kappa shape index (κ3) is 3.79. The van der Waals surface area contributed by atoms with Crippen LogP contribution in [0.3, 0.4) is 0 Å². The monoisotopic (exact) mass is 435 g/mol. The van der Waals surface area contributed by atoms with Gasteiger partial charge in [0.1, 0.15) is 5.82 Å². The first-order valence-electron chi connectivity index (χ1n) is 10.1. The molecular weight excluding hydrogens is 413 g/mol. The largest absolute Gasteiger partial charge is 0.351 e. The standard InChI is InChI=1S/C23H22FN5OS/c1-31-18-5-2-4-17(15-18)25-23(30)28-12-10-27(11-13-28)22-21-6-3-9-29(21)20-8-7-16(24)14-19(20)26-22/h2-9,14-15H,10-13H2,1H3,(H,25,30). The summed E-state index contributed by atoms with van der Waals surface area (Å²) >= 11 is 1.64. The molecule has 0 atom stereocenters. The van der Waals surface area contributed by atoms with E-state index in [-0.39, 0.29) is 11.8 Å². The lowest BCUT2D eigenvalue weighted by atomic mass is 10.2. The number of anilines is 2. The molecule has 1 N–H and O–H groups in total. The molecule has 158 valence electrons. The van der Waals surface area contributed by atoms with Crippen LogP contribution in [0.15, 0.2) is 65.7 Å². The van der Waals surface area contributed by atoms with Crippen LogP contribution >= 0.6 is 11.8 Å². The molecule has 3 heterocycles. The Morgan fingerprint density at radius 1 is 1.03 bits per heavy atom. The highest BCUT2D eigenvalue weighted by molar-refractivity contribution is 7.98.